The van der Waals surface area contributed by atoms with Crippen LogP contribution >= 0.6 is 0 Å². The number of hydrogen-bond donors (Lipinski definition) is 0. The van der Waals surface area contributed by atoms with Gasteiger partial charge in [0.1, 0.15) is 11.4 Å². The lowest BCUT2D eigenvalue weighted by Gasteiger charge is -2.35. The second-order valence-electron chi connectivity index (χ2n) is 6.84. The summed E-state index contributed by atoms with van der Waals surface area (Å²) < 4.78 is 17.3. The molecule has 1 aliphatic rings. The Labute approximate surface area is 139 Å². The molecule has 23 heavy (non-hydrogen) atoms. The summed E-state index contributed by atoms with van der Waals surface area (Å²) in [6, 6.07) is 9.97. The molecule has 1 aliphatic carbocycles. The van der Waals surface area contributed by atoms with Crippen molar-refractivity contribution in [2.24, 2.45) is 0 Å². The molecular formula is C18H26O4Si. The van der Waals surface area contributed by atoms with Gasteiger partial charge in [0, 0.05) is 0 Å². The maximum atomic E-state index is 11.9. The van der Waals surface area contributed by atoms with E-state index < -0.39 is 13.9 Å². The van der Waals surface area contributed by atoms with E-state index in [2.05, 4.69) is 25.7 Å². The lowest BCUT2D eigenvalue weighted by Crippen LogP contribution is -2.40. The van der Waals surface area contributed by atoms with Crippen LogP contribution in [0.1, 0.15) is 24.8 Å². The number of carbonyl (C=O) groups excluding carboxylic acids is 1. The van der Waals surface area contributed by atoms with Gasteiger partial charge in [-0.25, -0.2) is 0 Å². The molecular weight excluding hydrogens is 308 g/mol. The zero-order valence-electron chi connectivity index (χ0n) is 14.4. The Morgan fingerprint density at radius 1 is 1.22 bits per heavy atom. The molecule has 126 valence electrons. The molecule has 0 amide bonds. The van der Waals surface area contributed by atoms with Crippen LogP contribution in [0.4, 0.5) is 0 Å². The quantitative estimate of drug-likeness (QED) is 0.558. The van der Waals surface area contributed by atoms with Crippen LogP contribution < -0.4 is 0 Å². The molecule has 0 aromatic heterocycles. The fourth-order valence-corrected chi connectivity index (χ4v) is 3.61. The normalized spacial score (nSPS) is 21.0. The predicted octanol–water partition coefficient (Wildman–Crippen LogP) is 4.03. The number of methoxy groups -OCH3 is 1. The van der Waals surface area contributed by atoms with Gasteiger partial charge in [0.2, 0.25) is 8.32 Å². The molecule has 1 aromatic rings. The van der Waals surface area contributed by atoms with E-state index in [4.69, 9.17) is 13.9 Å². The average Bonchev–Trinajstić information content (AvgIpc) is 2.87. The van der Waals surface area contributed by atoms with E-state index in [-0.39, 0.29) is 12.4 Å². The molecule has 1 aromatic carbocycles. The fourth-order valence-electron chi connectivity index (χ4n) is 2.68. The Bertz CT molecular complexity index is 562. The predicted molar refractivity (Wildman–Crippen MR) is 92.3 cm³/mol. The molecule has 1 atom stereocenters. The van der Waals surface area contributed by atoms with Crippen LogP contribution in [0.5, 0.6) is 0 Å². The van der Waals surface area contributed by atoms with Crippen LogP contribution in [0, 0.1) is 0 Å². The van der Waals surface area contributed by atoms with Gasteiger partial charge >= 0.3 is 5.97 Å². The SMILES string of the molecule is COC(=O)C[C@]1(OCc2ccccc2)CCC=C1O[Si](C)(C)C. The molecule has 0 radical (unpaired) electrons. The highest BCUT2D eigenvalue weighted by Crippen LogP contribution is 2.40. The molecule has 0 fully saturated rings. The van der Waals surface area contributed by atoms with Crippen LogP contribution in [-0.2, 0) is 25.3 Å². The summed E-state index contributed by atoms with van der Waals surface area (Å²) in [6.45, 7) is 6.84. The molecule has 4 nitrogen and oxygen atoms in total. The van der Waals surface area contributed by atoms with E-state index in [9.17, 15) is 4.79 Å². The number of esters is 1. The zero-order valence-corrected chi connectivity index (χ0v) is 15.4. The summed E-state index contributed by atoms with van der Waals surface area (Å²) in [6.07, 6.45) is 3.85. The molecule has 5 heteroatoms. The first kappa shape index (κ1) is 17.8. The third kappa shape index (κ3) is 4.94. The van der Waals surface area contributed by atoms with Gasteiger partial charge in [-0.05, 0) is 44.1 Å². The highest BCUT2D eigenvalue weighted by Gasteiger charge is 2.44. The standard InChI is InChI=1S/C18H26O4Si/c1-20-17(19)13-18(21-14-15-9-6-5-7-10-15)12-8-11-16(18)22-23(2,3)4/h5-7,9-11H,8,12-14H2,1-4H3/t18-/m1/s1. The Kier molecular flexibility index (Phi) is 5.65. The molecule has 0 heterocycles. The van der Waals surface area contributed by atoms with Crippen molar-refractivity contribution >= 4 is 14.3 Å². The molecule has 0 N–H and O–H groups in total. The first-order valence-electron chi connectivity index (χ1n) is 7.99. The third-order valence-electron chi connectivity index (χ3n) is 3.76. The van der Waals surface area contributed by atoms with Crippen LogP contribution in [0.3, 0.4) is 0 Å². The fraction of sp³-hybridized carbons (Fsp3) is 0.500. The van der Waals surface area contributed by atoms with Gasteiger partial charge in [0.15, 0.2) is 0 Å². The van der Waals surface area contributed by atoms with Crippen LogP contribution in [0.2, 0.25) is 19.6 Å². The number of ether oxygens (including phenoxy) is 2. The second-order valence-corrected chi connectivity index (χ2v) is 11.3. The monoisotopic (exact) mass is 334 g/mol. The van der Waals surface area contributed by atoms with E-state index in [0.29, 0.717) is 6.61 Å². The highest BCUT2D eigenvalue weighted by atomic mass is 28.4. The largest absolute Gasteiger partial charge is 0.545 e. The van der Waals surface area contributed by atoms with Gasteiger partial charge in [-0.3, -0.25) is 4.79 Å². The average molecular weight is 334 g/mol. The van der Waals surface area contributed by atoms with Gasteiger partial charge in [-0.2, -0.15) is 0 Å². The van der Waals surface area contributed by atoms with Crippen molar-refractivity contribution in [1.29, 1.82) is 0 Å². The first-order chi connectivity index (χ1) is 10.8. The minimum Gasteiger partial charge on any atom is -0.545 e. The number of rotatable bonds is 7. The van der Waals surface area contributed by atoms with Crippen molar-refractivity contribution < 1.29 is 18.7 Å². The van der Waals surface area contributed by atoms with Crippen molar-refractivity contribution in [3.63, 3.8) is 0 Å². The zero-order chi connectivity index (χ0) is 16.9. The molecule has 0 spiro atoms. The summed E-state index contributed by atoms with van der Waals surface area (Å²) in [4.78, 5) is 11.9. The smallest absolute Gasteiger partial charge is 0.308 e. The molecule has 0 aliphatic heterocycles. The maximum absolute atomic E-state index is 11.9. The summed E-state index contributed by atoms with van der Waals surface area (Å²) in [5.41, 5.74) is 0.374. The second kappa shape index (κ2) is 7.32. The lowest BCUT2D eigenvalue weighted by molar-refractivity contribution is -0.149. The topological polar surface area (TPSA) is 44.8 Å². The van der Waals surface area contributed by atoms with Gasteiger partial charge in [-0.15, -0.1) is 0 Å². The van der Waals surface area contributed by atoms with E-state index >= 15 is 0 Å². The van der Waals surface area contributed by atoms with Crippen molar-refractivity contribution in [3.8, 4) is 0 Å². The first-order valence-corrected chi connectivity index (χ1v) is 11.4. The van der Waals surface area contributed by atoms with E-state index in [1.54, 1.807) is 0 Å². The Morgan fingerprint density at radius 2 is 1.91 bits per heavy atom. The minimum atomic E-state index is -1.78. The van der Waals surface area contributed by atoms with Gasteiger partial charge in [-0.1, -0.05) is 30.3 Å². The summed E-state index contributed by atoms with van der Waals surface area (Å²) in [5, 5.41) is 0. The highest BCUT2D eigenvalue weighted by molar-refractivity contribution is 6.70. The van der Waals surface area contributed by atoms with Crippen LogP contribution in [0.15, 0.2) is 42.2 Å². The van der Waals surface area contributed by atoms with Crippen molar-refractivity contribution in [2.75, 3.05) is 7.11 Å². The number of allylic oxidation sites excluding steroid dienone is 1. The molecule has 0 bridgehead atoms. The van der Waals surface area contributed by atoms with Gasteiger partial charge in [0.25, 0.3) is 0 Å². The van der Waals surface area contributed by atoms with E-state index in [0.717, 1.165) is 24.2 Å². The minimum absolute atomic E-state index is 0.187. The summed E-state index contributed by atoms with van der Waals surface area (Å²) in [7, 11) is -0.373. The molecule has 0 unspecified atom stereocenters. The Balaban J connectivity index is 2.18. The van der Waals surface area contributed by atoms with Crippen molar-refractivity contribution in [1.82, 2.24) is 0 Å². The van der Waals surface area contributed by atoms with E-state index in [1.165, 1.54) is 7.11 Å². The van der Waals surface area contributed by atoms with Crippen molar-refractivity contribution in [3.05, 3.63) is 47.7 Å². The lowest BCUT2D eigenvalue weighted by atomic mass is 9.97. The van der Waals surface area contributed by atoms with Gasteiger partial charge < -0.3 is 13.9 Å². The summed E-state index contributed by atoms with van der Waals surface area (Å²) in [5.74, 6) is 0.531. The molecule has 0 saturated heterocycles. The Morgan fingerprint density at radius 3 is 2.52 bits per heavy atom. The third-order valence-corrected chi connectivity index (χ3v) is 4.59. The number of carbonyl (C=O) groups is 1. The Hall–Kier alpha value is -1.59. The molecule has 0 saturated carbocycles. The van der Waals surface area contributed by atoms with Crippen LogP contribution in [0.25, 0.3) is 0 Å². The van der Waals surface area contributed by atoms with Gasteiger partial charge in [0.05, 0.1) is 20.1 Å². The number of hydrogen-bond acceptors (Lipinski definition) is 4. The number of benzene rings is 1. The molecule has 2 rings (SSSR count). The van der Waals surface area contributed by atoms with Crippen molar-refractivity contribution in [2.45, 2.75) is 51.1 Å². The maximum Gasteiger partial charge on any atom is 0.308 e. The van der Waals surface area contributed by atoms with E-state index in [1.807, 2.05) is 30.3 Å². The van der Waals surface area contributed by atoms with Crippen LogP contribution in [-0.4, -0.2) is 27.0 Å². The summed E-state index contributed by atoms with van der Waals surface area (Å²) >= 11 is 0.